The van der Waals surface area contributed by atoms with E-state index in [0.717, 1.165) is 28.0 Å². The number of aromatic amines is 1. The molecule has 4 heterocycles. The third-order valence-electron chi connectivity index (χ3n) is 5.56. The second-order valence-electron chi connectivity index (χ2n) is 7.81. The standard InChI is InChI=1S/C20H24N6OS/c1-11-10-26(7-6-21-11)20(27)17-12(2)18-14(5-8-28-18)19(23-17)22-16-9-15(24-25-16)13-3-4-13/h5,8-9,11,13,21H,3-4,6-7,10H2,1-2H3,(H2,22,23,24,25)/t11-/m1/s1. The second kappa shape index (κ2) is 6.86. The fraction of sp³-hybridized carbons (Fsp3) is 0.450. The van der Waals surface area contributed by atoms with Crippen molar-refractivity contribution in [2.24, 2.45) is 0 Å². The van der Waals surface area contributed by atoms with Gasteiger partial charge in [0.15, 0.2) is 5.82 Å². The van der Waals surface area contributed by atoms with Crippen molar-refractivity contribution in [3.05, 3.63) is 34.5 Å². The minimum Gasteiger partial charge on any atom is -0.334 e. The number of H-pyrrole nitrogens is 1. The maximum atomic E-state index is 13.2. The van der Waals surface area contributed by atoms with E-state index in [1.807, 2.05) is 17.2 Å². The zero-order valence-electron chi connectivity index (χ0n) is 16.1. The Morgan fingerprint density at radius 3 is 3.04 bits per heavy atom. The number of amides is 1. The summed E-state index contributed by atoms with van der Waals surface area (Å²) in [6, 6.07) is 4.40. The predicted octanol–water partition coefficient (Wildman–Crippen LogP) is 3.38. The van der Waals surface area contributed by atoms with Crippen LogP contribution in [-0.4, -0.2) is 51.7 Å². The van der Waals surface area contributed by atoms with E-state index in [1.54, 1.807) is 11.3 Å². The number of piperazine rings is 1. The van der Waals surface area contributed by atoms with Crippen LogP contribution < -0.4 is 10.6 Å². The van der Waals surface area contributed by atoms with Gasteiger partial charge in [-0.2, -0.15) is 5.10 Å². The van der Waals surface area contributed by atoms with Gasteiger partial charge in [0.2, 0.25) is 0 Å². The average molecular weight is 397 g/mol. The first-order valence-corrected chi connectivity index (χ1v) is 10.7. The Morgan fingerprint density at radius 1 is 1.39 bits per heavy atom. The Hall–Kier alpha value is -2.45. The molecule has 2 aliphatic rings. The summed E-state index contributed by atoms with van der Waals surface area (Å²) in [6.45, 7) is 6.32. The quantitative estimate of drug-likeness (QED) is 0.629. The number of anilines is 2. The summed E-state index contributed by atoms with van der Waals surface area (Å²) in [5.41, 5.74) is 2.65. The number of aromatic nitrogens is 3. The van der Waals surface area contributed by atoms with Crippen molar-refractivity contribution in [3.8, 4) is 0 Å². The van der Waals surface area contributed by atoms with Crippen LogP contribution in [0.15, 0.2) is 17.5 Å². The molecule has 28 heavy (non-hydrogen) atoms. The lowest BCUT2D eigenvalue weighted by molar-refractivity contribution is 0.0703. The first-order chi connectivity index (χ1) is 13.6. The Balaban J connectivity index is 1.50. The summed E-state index contributed by atoms with van der Waals surface area (Å²) in [7, 11) is 0. The largest absolute Gasteiger partial charge is 0.334 e. The number of aryl methyl sites for hydroxylation is 1. The van der Waals surface area contributed by atoms with Gasteiger partial charge in [-0.15, -0.1) is 11.3 Å². The maximum absolute atomic E-state index is 13.2. The molecule has 3 aromatic heterocycles. The van der Waals surface area contributed by atoms with Gasteiger partial charge in [-0.1, -0.05) is 0 Å². The van der Waals surface area contributed by atoms with Gasteiger partial charge in [0.05, 0.1) is 0 Å². The fourth-order valence-electron chi connectivity index (χ4n) is 3.85. The molecular formula is C20H24N6OS. The van der Waals surface area contributed by atoms with Gasteiger partial charge in [-0.3, -0.25) is 9.89 Å². The Labute approximate surface area is 167 Å². The molecule has 146 valence electrons. The van der Waals surface area contributed by atoms with E-state index in [2.05, 4.69) is 39.9 Å². The van der Waals surface area contributed by atoms with Crippen LogP contribution in [0, 0.1) is 6.92 Å². The number of hydrogen-bond donors (Lipinski definition) is 3. The number of nitrogens with one attached hydrogen (secondary N) is 3. The Morgan fingerprint density at radius 2 is 2.25 bits per heavy atom. The molecule has 5 rings (SSSR count). The Bertz CT molecular complexity index is 1040. The van der Waals surface area contributed by atoms with Gasteiger partial charge in [-0.25, -0.2) is 4.98 Å². The molecule has 0 aromatic carbocycles. The van der Waals surface area contributed by atoms with Crippen LogP contribution in [0.25, 0.3) is 10.1 Å². The van der Waals surface area contributed by atoms with Crippen molar-refractivity contribution in [2.45, 2.75) is 38.6 Å². The molecule has 3 aromatic rings. The molecule has 0 radical (unpaired) electrons. The van der Waals surface area contributed by atoms with Crippen LogP contribution in [-0.2, 0) is 0 Å². The van der Waals surface area contributed by atoms with Gasteiger partial charge in [0.25, 0.3) is 5.91 Å². The van der Waals surface area contributed by atoms with Crippen LogP contribution in [0.1, 0.15) is 47.4 Å². The first-order valence-electron chi connectivity index (χ1n) is 9.83. The summed E-state index contributed by atoms with van der Waals surface area (Å²) >= 11 is 1.65. The van der Waals surface area contributed by atoms with E-state index in [-0.39, 0.29) is 5.91 Å². The van der Waals surface area contributed by atoms with E-state index >= 15 is 0 Å². The molecule has 1 saturated heterocycles. The summed E-state index contributed by atoms with van der Waals surface area (Å²) in [5.74, 6) is 2.06. The predicted molar refractivity (Wildman–Crippen MR) is 112 cm³/mol. The van der Waals surface area contributed by atoms with Crippen LogP contribution in [0.3, 0.4) is 0 Å². The van der Waals surface area contributed by atoms with Gasteiger partial charge >= 0.3 is 0 Å². The highest BCUT2D eigenvalue weighted by Crippen LogP contribution is 2.40. The van der Waals surface area contributed by atoms with E-state index in [9.17, 15) is 4.79 Å². The lowest BCUT2D eigenvalue weighted by Crippen LogP contribution is -2.51. The number of carbonyl (C=O) groups excluding carboxylic acids is 1. The highest BCUT2D eigenvalue weighted by Gasteiger charge is 2.27. The zero-order valence-corrected chi connectivity index (χ0v) is 16.9. The molecule has 1 saturated carbocycles. The highest BCUT2D eigenvalue weighted by molar-refractivity contribution is 7.17. The third kappa shape index (κ3) is 3.16. The zero-order chi connectivity index (χ0) is 19.3. The SMILES string of the molecule is Cc1c(C(=O)N2CCN[C@H](C)C2)nc(Nc2cc(C3CC3)[nH]n2)c2ccsc12. The average Bonchev–Trinajstić information content (AvgIpc) is 3.23. The molecule has 8 heteroatoms. The van der Waals surface area contributed by atoms with Crippen LogP contribution in [0.5, 0.6) is 0 Å². The van der Waals surface area contributed by atoms with Crippen molar-refractivity contribution in [3.63, 3.8) is 0 Å². The molecule has 7 nitrogen and oxygen atoms in total. The molecule has 2 fully saturated rings. The number of hydrogen-bond acceptors (Lipinski definition) is 6. The van der Waals surface area contributed by atoms with Gasteiger partial charge in [0.1, 0.15) is 11.5 Å². The van der Waals surface area contributed by atoms with Crippen molar-refractivity contribution in [1.82, 2.24) is 25.4 Å². The van der Waals surface area contributed by atoms with Crippen molar-refractivity contribution < 1.29 is 4.79 Å². The normalized spacial score (nSPS) is 19.9. The van der Waals surface area contributed by atoms with Crippen LogP contribution >= 0.6 is 11.3 Å². The Kier molecular flexibility index (Phi) is 4.32. The number of pyridine rings is 1. The fourth-order valence-corrected chi connectivity index (χ4v) is 4.75. The number of thiophene rings is 1. The van der Waals surface area contributed by atoms with Crippen LogP contribution in [0.2, 0.25) is 0 Å². The number of rotatable bonds is 4. The van der Waals surface area contributed by atoms with Crippen molar-refractivity contribution in [2.75, 3.05) is 25.0 Å². The second-order valence-corrected chi connectivity index (χ2v) is 8.73. The van der Waals surface area contributed by atoms with Crippen molar-refractivity contribution >= 4 is 39.0 Å². The van der Waals surface area contributed by atoms with E-state index < -0.39 is 0 Å². The van der Waals surface area contributed by atoms with Gasteiger partial charge in [0, 0.05) is 53.4 Å². The minimum absolute atomic E-state index is 0.00453. The molecule has 1 atom stereocenters. The number of nitrogens with zero attached hydrogens (tertiary/aromatic N) is 3. The van der Waals surface area contributed by atoms with Gasteiger partial charge in [-0.05, 0) is 43.7 Å². The molecule has 1 aliphatic carbocycles. The molecule has 1 aliphatic heterocycles. The van der Waals surface area contributed by atoms with E-state index in [4.69, 9.17) is 4.98 Å². The molecule has 0 spiro atoms. The third-order valence-corrected chi connectivity index (χ3v) is 6.59. The summed E-state index contributed by atoms with van der Waals surface area (Å²) < 4.78 is 1.10. The molecule has 0 unspecified atom stereocenters. The first kappa shape index (κ1) is 17.6. The topological polar surface area (TPSA) is 85.9 Å². The molecule has 3 N–H and O–H groups in total. The van der Waals surface area contributed by atoms with Crippen molar-refractivity contribution in [1.29, 1.82) is 0 Å². The lowest BCUT2D eigenvalue weighted by atomic mass is 10.1. The molecule has 0 bridgehead atoms. The van der Waals surface area contributed by atoms with Crippen LogP contribution in [0.4, 0.5) is 11.6 Å². The smallest absolute Gasteiger partial charge is 0.272 e. The number of fused-ring (bicyclic) bond motifs is 1. The molecule has 1 amide bonds. The maximum Gasteiger partial charge on any atom is 0.272 e. The summed E-state index contributed by atoms with van der Waals surface area (Å²) in [4.78, 5) is 19.9. The molecular weight excluding hydrogens is 372 g/mol. The van der Waals surface area contributed by atoms with Gasteiger partial charge < -0.3 is 15.5 Å². The summed E-state index contributed by atoms with van der Waals surface area (Å²) in [5, 5.41) is 17.3. The summed E-state index contributed by atoms with van der Waals surface area (Å²) in [6.07, 6.45) is 2.45. The lowest BCUT2D eigenvalue weighted by Gasteiger charge is -2.32. The van der Waals surface area contributed by atoms with E-state index in [1.165, 1.54) is 18.5 Å². The van der Waals surface area contributed by atoms with E-state index in [0.29, 0.717) is 36.6 Å². The highest BCUT2D eigenvalue weighted by atomic mass is 32.1. The monoisotopic (exact) mass is 396 g/mol. The number of carbonyl (C=O) groups is 1. The minimum atomic E-state index is 0.00453.